The lowest BCUT2D eigenvalue weighted by Crippen LogP contribution is -2.40. The maximum Gasteiger partial charge on any atom is 0.239 e. The van der Waals surface area contributed by atoms with Gasteiger partial charge in [-0.25, -0.2) is 4.39 Å². The molecule has 1 unspecified atom stereocenters. The van der Waals surface area contributed by atoms with Crippen molar-refractivity contribution in [2.75, 3.05) is 18.0 Å². The Morgan fingerprint density at radius 3 is 2.55 bits per heavy atom. The summed E-state index contributed by atoms with van der Waals surface area (Å²) in [5, 5.41) is 12.6. The van der Waals surface area contributed by atoms with E-state index in [1.54, 1.807) is 13.0 Å². The molecule has 1 aromatic carbocycles. The molecule has 0 saturated heterocycles. The standard InChI is InChI=1S/C15H23FN2O2/c1-5-18(9-15(20)17-10(2)3)14-7-6-12(16)8-13(14)11(4)19/h6-8,10-11,19H,5,9H2,1-4H3,(H,17,20). The fourth-order valence-corrected chi connectivity index (χ4v) is 2.06. The van der Waals surface area contributed by atoms with Gasteiger partial charge in [-0.1, -0.05) is 0 Å². The zero-order valence-corrected chi connectivity index (χ0v) is 12.5. The van der Waals surface area contributed by atoms with Gasteiger partial charge in [-0.15, -0.1) is 0 Å². The van der Waals surface area contributed by atoms with Crippen molar-refractivity contribution in [3.63, 3.8) is 0 Å². The molecule has 1 atom stereocenters. The van der Waals surface area contributed by atoms with Crippen molar-refractivity contribution in [3.05, 3.63) is 29.6 Å². The number of nitrogens with zero attached hydrogens (tertiary/aromatic N) is 1. The van der Waals surface area contributed by atoms with Crippen LogP contribution in [0.25, 0.3) is 0 Å². The van der Waals surface area contributed by atoms with E-state index in [0.717, 1.165) is 0 Å². The van der Waals surface area contributed by atoms with Crippen LogP contribution in [-0.4, -0.2) is 30.1 Å². The maximum atomic E-state index is 13.3. The van der Waals surface area contributed by atoms with Gasteiger partial charge in [-0.3, -0.25) is 4.79 Å². The molecule has 112 valence electrons. The van der Waals surface area contributed by atoms with Crippen molar-refractivity contribution in [3.8, 4) is 0 Å². The molecule has 1 amide bonds. The minimum absolute atomic E-state index is 0.0747. The molecular formula is C15H23FN2O2. The quantitative estimate of drug-likeness (QED) is 0.841. The summed E-state index contributed by atoms with van der Waals surface area (Å²) in [6.07, 6.45) is -0.789. The fraction of sp³-hybridized carbons (Fsp3) is 0.533. The number of aliphatic hydroxyl groups excluding tert-OH is 1. The summed E-state index contributed by atoms with van der Waals surface area (Å²) in [6.45, 7) is 8.07. The Labute approximate surface area is 119 Å². The molecule has 0 heterocycles. The van der Waals surface area contributed by atoms with Crippen LogP contribution < -0.4 is 10.2 Å². The first-order valence-corrected chi connectivity index (χ1v) is 6.87. The van der Waals surface area contributed by atoms with E-state index in [4.69, 9.17) is 0 Å². The van der Waals surface area contributed by atoms with E-state index in [-0.39, 0.29) is 18.5 Å². The van der Waals surface area contributed by atoms with E-state index >= 15 is 0 Å². The highest BCUT2D eigenvalue weighted by Crippen LogP contribution is 2.27. The number of likely N-dealkylation sites (N-methyl/N-ethyl adjacent to an activating group) is 1. The third kappa shape index (κ3) is 4.49. The molecule has 0 saturated carbocycles. The van der Waals surface area contributed by atoms with Crippen molar-refractivity contribution in [1.82, 2.24) is 5.32 Å². The average molecular weight is 282 g/mol. The third-order valence-corrected chi connectivity index (χ3v) is 2.95. The summed E-state index contributed by atoms with van der Waals surface area (Å²) in [5.41, 5.74) is 1.17. The summed E-state index contributed by atoms with van der Waals surface area (Å²) in [6, 6.07) is 4.32. The number of carbonyl (C=O) groups excluding carboxylic acids is 1. The summed E-state index contributed by atoms with van der Waals surface area (Å²) in [7, 11) is 0. The molecule has 2 N–H and O–H groups in total. The van der Waals surface area contributed by atoms with Gasteiger partial charge >= 0.3 is 0 Å². The smallest absolute Gasteiger partial charge is 0.239 e. The van der Waals surface area contributed by atoms with E-state index in [2.05, 4.69) is 5.32 Å². The summed E-state index contributed by atoms with van der Waals surface area (Å²) >= 11 is 0. The number of aliphatic hydroxyl groups is 1. The van der Waals surface area contributed by atoms with Crippen LogP contribution in [0.2, 0.25) is 0 Å². The number of rotatable bonds is 6. The number of anilines is 1. The van der Waals surface area contributed by atoms with Crippen molar-refractivity contribution >= 4 is 11.6 Å². The lowest BCUT2D eigenvalue weighted by Gasteiger charge is -2.26. The van der Waals surface area contributed by atoms with Crippen LogP contribution in [0.4, 0.5) is 10.1 Å². The van der Waals surface area contributed by atoms with Gasteiger partial charge in [0.1, 0.15) is 5.82 Å². The molecule has 0 bridgehead atoms. The van der Waals surface area contributed by atoms with Crippen LogP contribution in [0.3, 0.4) is 0 Å². The van der Waals surface area contributed by atoms with Gasteiger partial charge in [-0.2, -0.15) is 0 Å². The van der Waals surface area contributed by atoms with Crippen LogP contribution in [-0.2, 0) is 4.79 Å². The summed E-state index contributed by atoms with van der Waals surface area (Å²) in [4.78, 5) is 13.7. The number of nitrogens with one attached hydrogen (secondary N) is 1. The molecule has 0 aromatic heterocycles. The second kappa shape index (κ2) is 7.24. The maximum absolute atomic E-state index is 13.3. The Morgan fingerprint density at radius 1 is 1.40 bits per heavy atom. The number of hydrogen-bond donors (Lipinski definition) is 2. The second-order valence-corrected chi connectivity index (χ2v) is 5.12. The zero-order valence-electron chi connectivity index (χ0n) is 12.5. The molecule has 0 aliphatic heterocycles. The van der Waals surface area contributed by atoms with Crippen LogP contribution in [0.1, 0.15) is 39.4 Å². The molecule has 0 fully saturated rings. The van der Waals surface area contributed by atoms with Crippen LogP contribution >= 0.6 is 0 Å². The van der Waals surface area contributed by atoms with Gasteiger partial charge in [0.15, 0.2) is 0 Å². The molecule has 5 heteroatoms. The van der Waals surface area contributed by atoms with Gasteiger partial charge in [0, 0.05) is 23.8 Å². The van der Waals surface area contributed by atoms with Gasteiger partial charge in [-0.05, 0) is 45.9 Å². The van der Waals surface area contributed by atoms with E-state index in [1.165, 1.54) is 12.1 Å². The number of halogens is 1. The first-order valence-electron chi connectivity index (χ1n) is 6.87. The molecule has 0 radical (unpaired) electrons. The van der Waals surface area contributed by atoms with E-state index in [1.807, 2.05) is 25.7 Å². The highest BCUT2D eigenvalue weighted by Gasteiger charge is 2.17. The SMILES string of the molecule is CCN(CC(=O)NC(C)C)c1ccc(F)cc1C(C)O. The Bertz CT molecular complexity index is 461. The van der Waals surface area contributed by atoms with Crippen LogP contribution in [0.15, 0.2) is 18.2 Å². The van der Waals surface area contributed by atoms with Crippen molar-refractivity contribution in [2.45, 2.75) is 39.8 Å². The highest BCUT2D eigenvalue weighted by molar-refractivity contribution is 5.82. The van der Waals surface area contributed by atoms with Gasteiger partial charge < -0.3 is 15.3 Å². The average Bonchev–Trinajstić information content (AvgIpc) is 2.35. The normalized spacial score (nSPS) is 12.3. The van der Waals surface area contributed by atoms with Crippen molar-refractivity contribution in [1.29, 1.82) is 0 Å². The zero-order chi connectivity index (χ0) is 15.3. The summed E-state index contributed by atoms with van der Waals surface area (Å²) < 4.78 is 13.3. The second-order valence-electron chi connectivity index (χ2n) is 5.12. The molecular weight excluding hydrogens is 259 g/mol. The number of benzene rings is 1. The van der Waals surface area contributed by atoms with Crippen molar-refractivity contribution in [2.24, 2.45) is 0 Å². The topological polar surface area (TPSA) is 52.6 Å². The fourth-order valence-electron chi connectivity index (χ4n) is 2.06. The predicted molar refractivity (Wildman–Crippen MR) is 78.2 cm³/mol. The Morgan fingerprint density at radius 2 is 2.05 bits per heavy atom. The predicted octanol–water partition coefficient (Wildman–Crippen LogP) is 2.23. The monoisotopic (exact) mass is 282 g/mol. The molecule has 4 nitrogen and oxygen atoms in total. The minimum atomic E-state index is -0.789. The largest absolute Gasteiger partial charge is 0.389 e. The molecule has 0 aliphatic rings. The van der Waals surface area contributed by atoms with E-state index in [9.17, 15) is 14.3 Å². The number of hydrogen-bond acceptors (Lipinski definition) is 3. The Hall–Kier alpha value is -1.62. The molecule has 1 aromatic rings. The first-order chi connectivity index (χ1) is 9.35. The van der Waals surface area contributed by atoms with Gasteiger partial charge in [0.2, 0.25) is 5.91 Å². The lowest BCUT2D eigenvalue weighted by atomic mass is 10.1. The van der Waals surface area contributed by atoms with E-state index < -0.39 is 11.9 Å². The Kier molecular flexibility index (Phi) is 5.95. The lowest BCUT2D eigenvalue weighted by molar-refractivity contribution is -0.120. The summed E-state index contributed by atoms with van der Waals surface area (Å²) in [5.74, 6) is -0.491. The van der Waals surface area contributed by atoms with Crippen LogP contribution in [0.5, 0.6) is 0 Å². The Balaban J connectivity index is 2.97. The van der Waals surface area contributed by atoms with E-state index in [0.29, 0.717) is 17.8 Å². The number of amides is 1. The third-order valence-electron chi connectivity index (χ3n) is 2.95. The minimum Gasteiger partial charge on any atom is -0.389 e. The molecule has 1 rings (SSSR count). The van der Waals surface area contributed by atoms with Gasteiger partial charge in [0.25, 0.3) is 0 Å². The molecule has 0 aliphatic carbocycles. The van der Waals surface area contributed by atoms with Gasteiger partial charge in [0.05, 0.1) is 12.6 Å². The number of carbonyl (C=O) groups is 1. The molecule has 0 spiro atoms. The van der Waals surface area contributed by atoms with Crippen LogP contribution in [0, 0.1) is 5.82 Å². The van der Waals surface area contributed by atoms with Crippen molar-refractivity contribution < 1.29 is 14.3 Å². The first kappa shape index (κ1) is 16.4. The highest BCUT2D eigenvalue weighted by atomic mass is 19.1. The molecule has 20 heavy (non-hydrogen) atoms.